The van der Waals surface area contributed by atoms with Crippen molar-refractivity contribution >= 4 is 38.2 Å². The molecule has 0 fully saturated rings. The zero-order valence-electron chi connectivity index (χ0n) is 28.0. The van der Waals surface area contributed by atoms with Crippen LogP contribution in [0.3, 0.4) is 0 Å². The Morgan fingerprint density at radius 3 is 1.23 bits per heavy atom. The van der Waals surface area contributed by atoms with E-state index in [1.54, 1.807) is 22.3 Å². The SMILES string of the molecule is CCC1=C(c2cccc3ccccc23)c2ccccc2[CH]1[Hf+2]([CH]1C(CC)=C(c2cccc3ccccc23)c2ccccc21)=[Si](C)C.[Cl-].[Cl-]. The Kier molecular flexibility index (Phi) is 10.5. The van der Waals surface area contributed by atoms with Crippen molar-refractivity contribution < 1.29 is 44.9 Å². The fourth-order valence-electron chi connectivity index (χ4n) is 8.70. The molecular weight excluding hydrogens is 806 g/mol. The molecule has 0 amide bonds. The summed E-state index contributed by atoms with van der Waals surface area (Å²) in [6.45, 7) is 10.2. The van der Waals surface area contributed by atoms with Gasteiger partial charge in [0.25, 0.3) is 0 Å². The fourth-order valence-corrected chi connectivity index (χ4v) is 38.3. The van der Waals surface area contributed by atoms with Crippen LogP contribution in [0.15, 0.2) is 145 Å². The minimum atomic E-state index is -2.58. The van der Waals surface area contributed by atoms with E-state index in [-0.39, 0.29) is 24.8 Å². The Morgan fingerprint density at radius 1 is 0.458 bits per heavy atom. The van der Waals surface area contributed by atoms with Crippen molar-refractivity contribution in [1.29, 1.82) is 0 Å². The molecule has 2 atom stereocenters. The van der Waals surface area contributed by atoms with Gasteiger partial charge < -0.3 is 24.8 Å². The summed E-state index contributed by atoms with van der Waals surface area (Å²) in [5.41, 5.74) is 15.0. The Morgan fingerprint density at radius 2 is 0.812 bits per heavy atom. The number of allylic oxidation sites excluding steroid dienone is 2. The van der Waals surface area contributed by atoms with Gasteiger partial charge in [0.15, 0.2) is 0 Å². The summed E-state index contributed by atoms with van der Waals surface area (Å²) in [4.78, 5) is 0. The van der Waals surface area contributed by atoms with Gasteiger partial charge in [-0.3, -0.25) is 0 Å². The molecule has 0 saturated heterocycles. The maximum atomic E-state index is 2.67. The van der Waals surface area contributed by atoms with E-state index in [1.165, 1.54) is 54.9 Å². The molecule has 0 nitrogen and oxygen atoms in total. The second-order valence-corrected chi connectivity index (χ2v) is 38.0. The summed E-state index contributed by atoms with van der Waals surface area (Å²) in [5, 5.41) is 5.43. The third-order valence-electron chi connectivity index (χ3n) is 10.5. The first-order valence-electron chi connectivity index (χ1n) is 16.9. The number of rotatable bonds is 6. The molecule has 0 radical (unpaired) electrons. The van der Waals surface area contributed by atoms with Gasteiger partial charge in [-0.15, -0.1) is 0 Å². The van der Waals surface area contributed by atoms with Crippen LogP contribution in [0.4, 0.5) is 0 Å². The minimum Gasteiger partial charge on any atom is -1.00 e. The van der Waals surface area contributed by atoms with Crippen molar-refractivity contribution in [2.24, 2.45) is 0 Å². The molecule has 2 aliphatic rings. The van der Waals surface area contributed by atoms with Crippen LogP contribution in [-0.2, 0) is 20.1 Å². The predicted octanol–water partition coefficient (Wildman–Crippen LogP) is 6.10. The average molecular weight is 846 g/mol. The number of hydrogen-bond donors (Lipinski definition) is 0. The molecule has 6 aromatic rings. The fraction of sp³-hybridized carbons (Fsp3) is 0.182. The number of hydrogen-bond acceptors (Lipinski definition) is 0. The molecule has 0 spiro atoms. The van der Waals surface area contributed by atoms with Crippen LogP contribution in [0, 0.1) is 0 Å². The first kappa shape index (κ1) is 34.8. The smallest absolute Gasteiger partial charge is 1.00 e. The van der Waals surface area contributed by atoms with Crippen molar-refractivity contribution in [3.63, 3.8) is 0 Å². The third-order valence-corrected chi connectivity index (χ3v) is 38.0. The first-order chi connectivity index (χ1) is 22.6. The molecule has 0 bridgehead atoms. The first-order valence-corrected chi connectivity index (χ1v) is 28.9. The van der Waals surface area contributed by atoms with E-state index in [2.05, 4.69) is 160 Å². The molecule has 0 N–H and O–H groups in total. The van der Waals surface area contributed by atoms with Gasteiger partial charge >= 0.3 is 283 Å². The van der Waals surface area contributed by atoms with Crippen LogP contribution < -0.4 is 24.8 Å². The quantitative estimate of drug-likeness (QED) is 0.178. The zero-order valence-corrected chi connectivity index (χ0v) is 34.1. The number of halogens is 2. The largest absolute Gasteiger partial charge is 1.00 e. The summed E-state index contributed by atoms with van der Waals surface area (Å²) in [5.74, 6) is 0. The van der Waals surface area contributed by atoms with Crippen molar-refractivity contribution in [3.8, 4) is 0 Å². The summed E-state index contributed by atoms with van der Waals surface area (Å²) < 4.78 is 1.21. The van der Waals surface area contributed by atoms with Crippen molar-refractivity contribution in [2.45, 2.75) is 47.1 Å². The van der Waals surface area contributed by atoms with Crippen molar-refractivity contribution in [3.05, 3.63) is 178 Å². The van der Waals surface area contributed by atoms with E-state index in [0.29, 0.717) is 7.35 Å². The Labute approximate surface area is 305 Å². The molecule has 2 unspecified atom stereocenters. The Balaban J connectivity index is 0.00000201. The van der Waals surface area contributed by atoms with Crippen molar-refractivity contribution in [1.82, 2.24) is 0 Å². The molecule has 0 saturated carbocycles. The zero-order chi connectivity index (χ0) is 31.4. The second-order valence-electron chi connectivity index (χ2n) is 13.1. The molecule has 4 heteroatoms. The minimum absolute atomic E-state index is 0. The topological polar surface area (TPSA) is 0 Å². The van der Waals surface area contributed by atoms with Crippen LogP contribution in [0.1, 0.15) is 67.4 Å². The van der Waals surface area contributed by atoms with E-state index in [4.69, 9.17) is 0 Å². The van der Waals surface area contributed by atoms with Crippen LogP contribution >= 0.6 is 0 Å². The second kappa shape index (κ2) is 14.5. The molecule has 0 aliphatic heterocycles. The molecule has 238 valence electrons. The van der Waals surface area contributed by atoms with Gasteiger partial charge in [0, 0.05) is 0 Å². The monoisotopic (exact) mass is 846 g/mol. The van der Waals surface area contributed by atoms with Crippen LogP contribution in [0.25, 0.3) is 32.7 Å². The van der Waals surface area contributed by atoms with Gasteiger partial charge in [0.2, 0.25) is 0 Å². The van der Waals surface area contributed by atoms with Gasteiger partial charge in [-0.05, 0) is 0 Å². The summed E-state index contributed by atoms with van der Waals surface area (Å²) >= 11 is -2.58. The van der Waals surface area contributed by atoms with Crippen LogP contribution in [0.5, 0.6) is 0 Å². The van der Waals surface area contributed by atoms with Crippen molar-refractivity contribution in [2.75, 3.05) is 0 Å². The number of fused-ring (bicyclic) bond motifs is 4. The Bertz CT molecular complexity index is 2110. The van der Waals surface area contributed by atoms with E-state index in [1.807, 2.05) is 0 Å². The molecule has 6 aromatic carbocycles. The van der Waals surface area contributed by atoms with Gasteiger partial charge in [-0.2, -0.15) is 0 Å². The predicted molar refractivity (Wildman–Crippen MR) is 196 cm³/mol. The summed E-state index contributed by atoms with van der Waals surface area (Å²) in [6.07, 6.45) is 2.22. The summed E-state index contributed by atoms with van der Waals surface area (Å²) in [7, 11) is 0. The van der Waals surface area contributed by atoms with Crippen LogP contribution in [-0.4, -0.2) is 5.49 Å². The average Bonchev–Trinajstić information content (AvgIpc) is 3.60. The maximum absolute atomic E-state index is 2.67. The number of benzene rings is 6. The molecule has 0 heterocycles. The molecular formula is C44H40Cl2HfSi. The molecule has 2 aliphatic carbocycles. The van der Waals surface area contributed by atoms with Gasteiger partial charge in [-0.1, -0.05) is 0 Å². The van der Waals surface area contributed by atoms with Gasteiger partial charge in [-0.25, -0.2) is 0 Å². The molecule has 8 rings (SSSR count). The van der Waals surface area contributed by atoms with E-state index in [9.17, 15) is 0 Å². The summed E-state index contributed by atoms with van der Waals surface area (Å²) in [6, 6.07) is 50.9. The van der Waals surface area contributed by atoms with Crippen LogP contribution in [0.2, 0.25) is 13.1 Å². The molecule has 0 aromatic heterocycles. The Hall–Kier alpha value is -3.01. The van der Waals surface area contributed by atoms with E-state index >= 15 is 0 Å². The van der Waals surface area contributed by atoms with E-state index in [0.717, 1.165) is 12.8 Å². The normalized spacial score (nSPS) is 16.2. The van der Waals surface area contributed by atoms with E-state index < -0.39 is 25.6 Å². The standard InChI is InChI=1S/2C21H17.C2H6Si.2ClH.Hf/c2*1-2-15-14-17-9-4-6-12-19(17)21(15)20-13-7-10-16-8-3-5-11-18(16)20;1-3-2;;;/h2*3-14H,2H2,1H3;1-2H3;2*1H;/q;;;;;+2/p-2. The van der Waals surface area contributed by atoms with Gasteiger partial charge in [0.1, 0.15) is 0 Å². The third kappa shape index (κ3) is 5.54. The van der Waals surface area contributed by atoms with Gasteiger partial charge in [0.05, 0.1) is 0 Å². The maximum Gasteiger partial charge on any atom is -1.00 e. The molecule has 48 heavy (non-hydrogen) atoms.